The Balaban J connectivity index is 2.03. The van der Waals surface area contributed by atoms with Crippen molar-refractivity contribution in [1.29, 1.82) is 0 Å². The third kappa shape index (κ3) is 2.72. The van der Waals surface area contributed by atoms with E-state index in [4.69, 9.17) is 0 Å². The fourth-order valence-electron chi connectivity index (χ4n) is 1.37. The highest BCUT2D eigenvalue weighted by atomic mass is 79.9. The molecule has 0 N–H and O–H groups in total. The lowest BCUT2D eigenvalue weighted by Gasteiger charge is -1.99. The van der Waals surface area contributed by atoms with Crippen molar-refractivity contribution in [2.75, 3.05) is 0 Å². The van der Waals surface area contributed by atoms with Gasteiger partial charge in [0.2, 0.25) is 0 Å². The zero-order valence-electron chi connectivity index (χ0n) is 8.07. The Bertz CT molecular complexity index is 413. The lowest BCUT2D eigenvalue weighted by Crippen LogP contribution is -2.09. The van der Waals surface area contributed by atoms with Crippen LogP contribution in [0.3, 0.4) is 0 Å². The van der Waals surface area contributed by atoms with Gasteiger partial charge in [-0.3, -0.25) is 14.6 Å². The van der Waals surface area contributed by atoms with Crippen molar-refractivity contribution in [3.8, 4) is 0 Å². The maximum absolute atomic E-state index is 11.7. The molecule has 0 unspecified atom stereocenters. The molecule has 0 atom stereocenters. The molecule has 0 bridgehead atoms. The largest absolute Gasteiger partial charge is 0.299 e. The average Bonchev–Trinajstić information content (AvgIpc) is 3.00. The first-order valence-electron chi connectivity index (χ1n) is 4.83. The van der Waals surface area contributed by atoms with Crippen LogP contribution in [0.1, 0.15) is 29.6 Å². The molecule has 0 radical (unpaired) electrons. The molecule has 1 fully saturated rings. The number of nitrogens with zero attached hydrogens (tertiary/aromatic N) is 1. The first-order valence-corrected chi connectivity index (χ1v) is 5.62. The molecule has 1 aromatic rings. The Kier molecular flexibility index (Phi) is 2.95. The molecule has 3 nitrogen and oxygen atoms in total. The Morgan fingerprint density at radius 3 is 2.73 bits per heavy atom. The Morgan fingerprint density at radius 2 is 2.13 bits per heavy atom. The predicted molar refractivity (Wildman–Crippen MR) is 58.6 cm³/mol. The van der Waals surface area contributed by atoms with E-state index >= 15 is 0 Å². The SMILES string of the molecule is O=C(CC(=O)C1CC1)c1cncc(Br)c1. The molecule has 0 aromatic carbocycles. The van der Waals surface area contributed by atoms with Crippen molar-refractivity contribution in [3.63, 3.8) is 0 Å². The summed E-state index contributed by atoms with van der Waals surface area (Å²) in [4.78, 5) is 27.0. The standard InChI is InChI=1S/C11H10BrNO2/c12-9-3-8(5-13-6-9)11(15)4-10(14)7-1-2-7/h3,5-7H,1-2,4H2. The summed E-state index contributed by atoms with van der Waals surface area (Å²) >= 11 is 3.24. The fourth-order valence-corrected chi connectivity index (χ4v) is 1.74. The van der Waals surface area contributed by atoms with Gasteiger partial charge in [0.1, 0.15) is 5.78 Å². The van der Waals surface area contributed by atoms with Crippen molar-refractivity contribution in [2.45, 2.75) is 19.3 Å². The van der Waals surface area contributed by atoms with Crippen LogP contribution in [0.15, 0.2) is 22.9 Å². The normalized spacial score (nSPS) is 15.0. The molecule has 1 aromatic heterocycles. The van der Waals surface area contributed by atoms with E-state index < -0.39 is 0 Å². The van der Waals surface area contributed by atoms with Crippen molar-refractivity contribution < 1.29 is 9.59 Å². The van der Waals surface area contributed by atoms with Crippen LogP contribution in [0.2, 0.25) is 0 Å². The predicted octanol–water partition coefficient (Wildman–Crippen LogP) is 2.40. The molecule has 1 saturated carbocycles. The number of aromatic nitrogens is 1. The van der Waals surface area contributed by atoms with Gasteiger partial charge in [-0.2, -0.15) is 0 Å². The van der Waals surface area contributed by atoms with Crippen molar-refractivity contribution in [3.05, 3.63) is 28.5 Å². The fraction of sp³-hybridized carbons (Fsp3) is 0.364. The van der Waals surface area contributed by atoms with E-state index in [1.807, 2.05) is 0 Å². The Morgan fingerprint density at radius 1 is 1.40 bits per heavy atom. The first kappa shape index (κ1) is 10.5. The third-order valence-corrected chi connectivity index (χ3v) is 2.83. The smallest absolute Gasteiger partial charge is 0.171 e. The lowest BCUT2D eigenvalue weighted by atomic mass is 10.1. The van der Waals surface area contributed by atoms with E-state index in [0.29, 0.717) is 5.56 Å². The molecule has 1 heterocycles. The summed E-state index contributed by atoms with van der Waals surface area (Å²) < 4.78 is 0.757. The van der Waals surface area contributed by atoms with Crippen molar-refractivity contribution in [1.82, 2.24) is 4.98 Å². The zero-order chi connectivity index (χ0) is 10.8. The number of halogens is 1. The van der Waals surface area contributed by atoms with Crippen molar-refractivity contribution >= 4 is 27.5 Å². The summed E-state index contributed by atoms with van der Waals surface area (Å²) in [6, 6.07) is 1.69. The third-order valence-electron chi connectivity index (χ3n) is 2.39. The number of ketones is 2. The van der Waals surface area contributed by atoms with E-state index in [0.717, 1.165) is 17.3 Å². The molecule has 0 saturated heterocycles. The first-order chi connectivity index (χ1) is 7.16. The minimum atomic E-state index is -0.138. The molecule has 4 heteroatoms. The van der Waals surface area contributed by atoms with E-state index in [1.54, 1.807) is 12.3 Å². The minimum Gasteiger partial charge on any atom is -0.299 e. The monoisotopic (exact) mass is 267 g/mol. The molecule has 0 amide bonds. The summed E-state index contributed by atoms with van der Waals surface area (Å²) in [5.41, 5.74) is 0.498. The number of hydrogen-bond acceptors (Lipinski definition) is 3. The molecule has 0 aliphatic heterocycles. The zero-order valence-corrected chi connectivity index (χ0v) is 9.66. The van der Waals surface area contributed by atoms with Crippen LogP contribution in [0.4, 0.5) is 0 Å². The molecular weight excluding hydrogens is 258 g/mol. The van der Waals surface area contributed by atoms with Gasteiger partial charge in [-0.1, -0.05) is 0 Å². The second kappa shape index (κ2) is 4.23. The lowest BCUT2D eigenvalue weighted by molar-refractivity contribution is -0.119. The molecule has 1 aliphatic rings. The summed E-state index contributed by atoms with van der Waals surface area (Å²) in [6.07, 6.45) is 5.02. The van der Waals surface area contributed by atoms with Crippen LogP contribution in [0.5, 0.6) is 0 Å². The van der Waals surface area contributed by atoms with Crippen LogP contribution in [0, 0.1) is 5.92 Å². The van der Waals surface area contributed by atoms with Gasteiger partial charge in [-0.05, 0) is 34.8 Å². The van der Waals surface area contributed by atoms with Gasteiger partial charge in [-0.25, -0.2) is 0 Å². The highest BCUT2D eigenvalue weighted by Gasteiger charge is 2.30. The number of pyridine rings is 1. The average molecular weight is 268 g/mol. The minimum absolute atomic E-state index is 0.0167. The van der Waals surface area contributed by atoms with E-state index in [9.17, 15) is 9.59 Å². The van der Waals surface area contributed by atoms with Crippen molar-refractivity contribution in [2.24, 2.45) is 5.92 Å². The number of Topliss-reactive ketones (excluding diaryl/α,β-unsaturated/α-hetero) is 2. The highest BCUT2D eigenvalue weighted by molar-refractivity contribution is 9.10. The van der Waals surface area contributed by atoms with E-state index in [2.05, 4.69) is 20.9 Å². The van der Waals surface area contributed by atoms with Crippen LogP contribution in [-0.2, 0) is 4.79 Å². The summed E-state index contributed by atoms with van der Waals surface area (Å²) in [5.74, 6) is 0.0785. The molecule has 0 spiro atoms. The van der Waals surface area contributed by atoms with Gasteiger partial charge in [0.15, 0.2) is 5.78 Å². The molecule has 1 aliphatic carbocycles. The van der Waals surface area contributed by atoms with E-state index in [-0.39, 0.29) is 23.9 Å². The van der Waals surface area contributed by atoms with Crippen LogP contribution in [0.25, 0.3) is 0 Å². The van der Waals surface area contributed by atoms with Crippen LogP contribution < -0.4 is 0 Å². The highest BCUT2D eigenvalue weighted by Crippen LogP contribution is 2.31. The molecular formula is C11H10BrNO2. The van der Waals surface area contributed by atoms with Gasteiger partial charge < -0.3 is 0 Å². The molecule has 78 valence electrons. The van der Waals surface area contributed by atoms with Crippen LogP contribution >= 0.6 is 15.9 Å². The Hall–Kier alpha value is -1.03. The van der Waals surface area contributed by atoms with E-state index in [1.165, 1.54) is 6.20 Å². The van der Waals surface area contributed by atoms with Gasteiger partial charge in [0.25, 0.3) is 0 Å². The number of hydrogen-bond donors (Lipinski definition) is 0. The van der Waals surface area contributed by atoms with Gasteiger partial charge >= 0.3 is 0 Å². The summed E-state index contributed by atoms with van der Waals surface area (Å²) in [7, 11) is 0. The summed E-state index contributed by atoms with van der Waals surface area (Å²) in [6.45, 7) is 0. The maximum atomic E-state index is 11.7. The van der Waals surface area contributed by atoms with Gasteiger partial charge in [-0.15, -0.1) is 0 Å². The summed E-state index contributed by atoms with van der Waals surface area (Å²) in [5, 5.41) is 0. The molecule has 15 heavy (non-hydrogen) atoms. The number of carbonyl (C=O) groups is 2. The quantitative estimate of drug-likeness (QED) is 0.622. The number of carbonyl (C=O) groups excluding carboxylic acids is 2. The topological polar surface area (TPSA) is 47.0 Å². The molecule has 2 rings (SSSR count). The second-order valence-electron chi connectivity index (χ2n) is 3.73. The van der Waals surface area contributed by atoms with Crippen LogP contribution in [-0.4, -0.2) is 16.6 Å². The van der Waals surface area contributed by atoms with Gasteiger partial charge in [0.05, 0.1) is 6.42 Å². The maximum Gasteiger partial charge on any atom is 0.171 e. The van der Waals surface area contributed by atoms with Gasteiger partial charge in [0, 0.05) is 28.3 Å². The Labute approximate surface area is 96.0 Å². The second-order valence-corrected chi connectivity index (χ2v) is 4.65. The number of rotatable bonds is 4.